The molecule has 0 unspecified atom stereocenters. The second-order valence-corrected chi connectivity index (χ2v) is 6.16. The van der Waals surface area contributed by atoms with E-state index in [0.29, 0.717) is 48.8 Å². The van der Waals surface area contributed by atoms with E-state index < -0.39 is 6.09 Å². The third-order valence-corrected chi connectivity index (χ3v) is 4.45. The van der Waals surface area contributed by atoms with E-state index in [9.17, 15) is 9.59 Å². The molecule has 2 amide bonds. The van der Waals surface area contributed by atoms with Crippen molar-refractivity contribution < 1.29 is 23.5 Å². The van der Waals surface area contributed by atoms with Crippen molar-refractivity contribution in [2.24, 2.45) is 0 Å². The first-order chi connectivity index (χ1) is 13.7. The van der Waals surface area contributed by atoms with Crippen molar-refractivity contribution in [2.45, 2.75) is 0 Å². The van der Waals surface area contributed by atoms with E-state index >= 15 is 0 Å². The number of amides is 2. The number of aromatic nitrogens is 2. The fourth-order valence-corrected chi connectivity index (χ4v) is 2.98. The fourth-order valence-electron chi connectivity index (χ4n) is 2.98. The lowest BCUT2D eigenvalue weighted by molar-refractivity contribution is 0.0599. The highest BCUT2D eigenvalue weighted by molar-refractivity contribution is 5.93. The van der Waals surface area contributed by atoms with Gasteiger partial charge in [-0.3, -0.25) is 9.78 Å². The highest BCUT2D eigenvalue weighted by Gasteiger charge is 2.28. The number of benzene rings is 1. The van der Waals surface area contributed by atoms with Crippen LogP contribution in [0, 0.1) is 0 Å². The molecular formula is C19H18N4O5. The second-order valence-electron chi connectivity index (χ2n) is 6.16. The Morgan fingerprint density at radius 1 is 1.07 bits per heavy atom. The smallest absolute Gasteiger partial charge is 0.415 e. The number of carbonyl (C=O) groups excluding carboxylic acids is 2. The average molecular weight is 382 g/mol. The minimum atomic E-state index is -0.466. The SMILES string of the molecule is COc1cccc2nc(C(=O)N3CCN(C(=O)Oc4cccnc4)CC3)oc12. The van der Waals surface area contributed by atoms with Crippen LogP contribution in [0.5, 0.6) is 11.5 Å². The number of ether oxygens (including phenoxy) is 2. The predicted octanol–water partition coefficient (Wildman–Crippen LogP) is 2.19. The van der Waals surface area contributed by atoms with Crippen molar-refractivity contribution in [2.75, 3.05) is 33.3 Å². The summed E-state index contributed by atoms with van der Waals surface area (Å²) in [5, 5.41) is 0. The Bertz CT molecular complexity index is 996. The van der Waals surface area contributed by atoms with Crippen LogP contribution in [0.4, 0.5) is 4.79 Å². The first-order valence-corrected chi connectivity index (χ1v) is 8.75. The van der Waals surface area contributed by atoms with Crippen molar-refractivity contribution in [3.63, 3.8) is 0 Å². The number of rotatable bonds is 3. The fraction of sp³-hybridized carbons (Fsp3) is 0.263. The molecule has 144 valence electrons. The second kappa shape index (κ2) is 7.55. The number of para-hydroxylation sites is 1. The maximum atomic E-state index is 12.7. The zero-order valence-electron chi connectivity index (χ0n) is 15.2. The van der Waals surface area contributed by atoms with E-state index in [1.165, 1.54) is 13.3 Å². The molecule has 1 fully saturated rings. The Morgan fingerprint density at radius 3 is 2.57 bits per heavy atom. The molecule has 0 aliphatic carbocycles. The summed E-state index contributed by atoms with van der Waals surface area (Å²) in [5.74, 6) is 0.586. The van der Waals surface area contributed by atoms with Gasteiger partial charge in [-0.25, -0.2) is 9.78 Å². The van der Waals surface area contributed by atoms with E-state index in [1.54, 1.807) is 46.3 Å². The summed E-state index contributed by atoms with van der Waals surface area (Å²) in [5.41, 5.74) is 0.994. The van der Waals surface area contributed by atoms with Gasteiger partial charge in [0.2, 0.25) is 0 Å². The van der Waals surface area contributed by atoms with E-state index in [4.69, 9.17) is 13.9 Å². The number of hydrogen-bond acceptors (Lipinski definition) is 7. The zero-order valence-corrected chi connectivity index (χ0v) is 15.2. The molecule has 3 aromatic rings. The highest BCUT2D eigenvalue weighted by Crippen LogP contribution is 2.26. The molecular weight excluding hydrogens is 364 g/mol. The Balaban J connectivity index is 1.39. The largest absolute Gasteiger partial charge is 0.493 e. The molecule has 3 heterocycles. The van der Waals surface area contributed by atoms with Crippen molar-refractivity contribution in [1.82, 2.24) is 19.8 Å². The van der Waals surface area contributed by atoms with Crippen LogP contribution in [0.3, 0.4) is 0 Å². The molecule has 1 aromatic carbocycles. The van der Waals surface area contributed by atoms with Crippen LogP contribution in [0.1, 0.15) is 10.7 Å². The topological polar surface area (TPSA) is 98.0 Å². The molecule has 0 saturated carbocycles. The third kappa shape index (κ3) is 3.46. The Hall–Kier alpha value is -3.62. The van der Waals surface area contributed by atoms with Gasteiger partial charge in [0.05, 0.1) is 13.3 Å². The molecule has 9 nitrogen and oxygen atoms in total. The predicted molar refractivity (Wildman–Crippen MR) is 98.3 cm³/mol. The summed E-state index contributed by atoms with van der Waals surface area (Å²) in [4.78, 5) is 36.3. The van der Waals surface area contributed by atoms with Crippen LogP contribution in [0.2, 0.25) is 0 Å². The number of pyridine rings is 1. The Morgan fingerprint density at radius 2 is 1.86 bits per heavy atom. The van der Waals surface area contributed by atoms with Gasteiger partial charge in [-0.05, 0) is 24.3 Å². The van der Waals surface area contributed by atoms with E-state index in [1.807, 2.05) is 0 Å². The average Bonchev–Trinajstić information content (AvgIpc) is 3.18. The van der Waals surface area contributed by atoms with Crippen molar-refractivity contribution in [3.8, 4) is 11.5 Å². The van der Waals surface area contributed by atoms with Gasteiger partial charge in [-0.2, -0.15) is 0 Å². The van der Waals surface area contributed by atoms with E-state index in [-0.39, 0.29) is 11.8 Å². The van der Waals surface area contributed by atoms with Crippen LogP contribution < -0.4 is 9.47 Å². The molecule has 1 aliphatic heterocycles. The standard InChI is InChI=1S/C19H18N4O5/c1-26-15-6-2-5-14-16(15)28-17(21-14)18(24)22-8-10-23(11-9-22)19(25)27-13-4-3-7-20-12-13/h2-7,12H,8-11H2,1H3. The third-order valence-electron chi connectivity index (χ3n) is 4.45. The van der Waals surface area contributed by atoms with Crippen LogP contribution in [0.25, 0.3) is 11.1 Å². The number of piperazine rings is 1. The first-order valence-electron chi connectivity index (χ1n) is 8.75. The van der Waals surface area contributed by atoms with E-state index in [0.717, 1.165) is 0 Å². The number of carbonyl (C=O) groups is 2. The minimum absolute atomic E-state index is 0.00545. The lowest BCUT2D eigenvalue weighted by atomic mass is 10.3. The zero-order chi connectivity index (χ0) is 19.5. The molecule has 4 rings (SSSR count). The molecule has 1 saturated heterocycles. The lowest BCUT2D eigenvalue weighted by Gasteiger charge is -2.33. The van der Waals surface area contributed by atoms with Crippen LogP contribution in [-0.2, 0) is 0 Å². The molecule has 28 heavy (non-hydrogen) atoms. The summed E-state index contributed by atoms with van der Waals surface area (Å²) >= 11 is 0. The number of oxazole rings is 1. The van der Waals surface area contributed by atoms with Gasteiger partial charge < -0.3 is 23.7 Å². The molecule has 0 atom stereocenters. The first kappa shape index (κ1) is 17.8. The van der Waals surface area contributed by atoms with Gasteiger partial charge in [0.1, 0.15) is 5.52 Å². The molecule has 0 N–H and O–H groups in total. The van der Waals surface area contributed by atoms with Gasteiger partial charge in [0.15, 0.2) is 17.1 Å². The van der Waals surface area contributed by atoms with Gasteiger partial charge >= 0.3 is 12.0 Å². The molecule has 1 aliphatic rings. The Labute approximate surface area is 160 Å². The highest BCUT2D eigenvalue weighted by atomic mass is 16.6. The lowest BCUT2D eigenvalue weighted by Crippen LogP contribution is -2.51. The van der Waals surface area contributed by atoms with Crippen LogP contribution in [-0.4, -0.2) is 65.1 Å². The number of nitrogens with zero attached hydrogens (tertiary/aromatic N) is 4. The van der Waals surface area contributed by atoms with Crippen molar-refractivity contribution >= 4 is 23.1 Å². The summed E-state index contributed by atoms with van der Waals surface area (Å²) in [6.07, 6.45) is 2.61. The van der Waals surface area contributed by atoms with Gasteiger partial charge in [-0.15, -0.1) is 0 Å². The molecule has 2 aromatic heterocycles. The minimum Gasteiger partial charge on any atom is -0.493 e. The van der Waals surface area contributed by atoms with Crippen LogP contribution in [0.15, 0.2) is 47.1 Å². The molecule has 0 radical (unpaired) electrons. The number of fused-ring (bicyclic) bond motifs is 1. The molecule has 0 spiro atoms. The maximum Gasteiger partial charge on any atom is 0.415 e. The van der Waals surface area contributed by atoms with Crippen molar-refractivity contribution in [3.05, 3.63) is 48.6 Å². The monoisotopic (exact) mass is 382 g/mol. The normalized spacial score (nSPS) is 14.2. The molecule has 0 bridgehead atoms. The maximum absolute atomic E-state index is 12.7. The number of hydrogen-bond donors (Lipinski definition) is 0. The van der Waals surface area contributed by atoms with Gasteiger partial charge in [-0.1, -0.05) is 6.07 Å². The summed E-state index contributed by atoms with van der Waals surface area (Å²) in [6, 6.07) is 8.63. The number of methoxy groups -OCH3 is 1. The molecule has 9 heteroatoms. The van der Waals surface area contributed by atoms with Crippen LogP contribution >= 0.6 is 0 Å². The quantitative estimate of drug-likeness (QED) is 0.685. The summed E-state index contributed by atoms with van der Waals surface area (Å²) in [7, 11) is 1.53. The van der Waals surface area contributed by atoms with Gasteiger partial charge in [0.25, 0.3) is 5.89 Å². The summed E-state index contributed by atoms with van der Waals surface area (Å²) < 4.78 is 16.1. The Kier molecular flexibility index (Phi) is 4.79. The van der Waals surface area contributed by atoms with E-state index in [2.05, 4.69) is 9.97 Å². The van der Waals surface area contributed by atoms with Crippen molar-refractivity contribution in [1.29, 1.82) is 0 Å². The summed E-state index contributed by atoms with van der Waals surface area (Å²) in [6.45, 7) is 1.43. The van der Waals surface area contributed by atoms with Gasteiger partial charge in [0, 0.05) is 32.4 Å².